The molecule has 29 heavy (non-hydrogen) atoms. The lowest BCUT2D eigenvalue weighted by Crippen LogP contribution is -2.13. The molecule has 0 aliphatic carbocycles. The summed E-state index contributed by atoms with van der Waals surface area (Å²) in [7, 11) is 0. The van der Waals surface area contributed by atoms with Crippen LogP contribution in [-0.4, -0.2) is 9.55 Å². The zero-order valence-electron chi connectivity index (χ0n) is 16.0. The molecule has 1 heterocycles. The first-order chi connectivity index (χ1) is 13.9. The molecule has 4 rings (SSSR count). The van der Waals surface area contributed by atoms with Crippen LogP contribution in [0.4, 0.5) is 0 Å². The van der Waals surface area contributed by atoms with Gasteiger partial charge < -0.3 is 9.30 Å². The molecule has 0 spiro atoms. The monoisotopic (exact) mass is 444 g/mol. The lowest BCUT2D eigenvalue weighted by Gasteiger charge is -2.18. The Bertz CT molecular complexity index is 1170. The molecule has 1 atom stereocenters. The summed E-state index contributed by atoms with van der Waals surface area (Å²) in [6, 6.07) is 19.2. The molecular weight excluding hydrogens is 427 g/mol. The molecule has 1 unspecified atom stereocenters. The highest BCUT2D eigenvalue weighted by molar-refractivity contribution is 6.36. The van der Waals surface area contributed by atoms with Crippen LogP contribution >= 0.6 is 34.8 Å². The van der Waals surface area contributed by atoms with Gasteiger partial charge in [0.05, 0.1) is 17.6 Å². The summed E-state index contributed by atoms with van der Waals surface area (Å²) in [6.07, 6.45) is -0.288. The minimum absolute atomic E-state index is 0.288. The molecule has 0 saturated heterocycles. The maximum atomic E-state index is 6.43. The van der Waals surface area contributed by atoms with E-state index in [0.29, 0.717) is 21.6 Å². The molecule has 0 saturated carbocycles. The van der Waals surface area contributed by atoms with E-state index in [0.717, 1.165) is 33.7 Å². The van der Waals surface area contributed by atoms with Gasteiger partial charge in [0.25, 0.3) is 0 Å². The van der Waals surface area contributed by atoms with Crippen molar-refractivity contribution >= 4 is 45.8 Å². The van der Waals surface area contributed by atoms with Gasteiger partial charge in [0.15, 0.2) is 11.9 Å². The van der Waals surface area contributed by atoms with Crippen LogP contribution < -0.4 is 4.74 Å². The summed E-state index contributed by atoms with van der Waals surface area (Å²) in [5.74, 6) is 1.54. The second kappa shape index (κ2) is 8.27. The number of ether oxygens (including phenoxy) is 1. The van der Waals surface area contributed by atoms with Gasteiger partial charge in [-0.15, -0.1) is 0 Å². The third-order valence-corrected chi connectivity index (χ3v) is 6.00. The van der Waals surface area contributed by atoms with E-state index < -0.39 is 0 Å². The molecule has 3 nitrogen and oxygen atoms in total. The average molecular weight is 446 g/mol. The second-order valence-corrected chi connectivity index (χ2v) is 8.14. The first kappa shape index (κ1) is 20.1. The van der Waals surface area contributed by atoms with Crippen LogP contribution in [0.1, 0.15) is 30.0 Å². The van der Waals surface area contributed by atoms with Crippen molar-refractivity contribution in [2.24, 2.45) is 0 Å². The highest BCUT2D eigenvalue weighted by atomic mass is 35.5. The number of imidazole rings is 1. The topological polar surface area (TPSA) is 27.1 Å². The van der Waals surface area contributed by atoms with Crippen LogP contribution in [0.2, 0.25) is 15.1 Å². The van der Waals surface area contributed by atoms with Gasteiger partial charge in [0.2, 0.25) is 0 Å². The van der Waals surface area contributed by atoms with Gasteiger partial charge >= 0.3 is 0 Å². The second-order valence-electron chi connectivity index (χ2n) is 6.92. The fourth-order valence-electron chi connectivity index (χ4n) is 3.36. The Morgan fingerprint density at radius 1 is 0.931 bits per heavy atom. The van der Waals surface area contributed by atoms with Crippen LogP contribution in [0.25, 0.3) is 11.0 Å². The highest BCUT2D eigenvalue weighted by Crippen LogP contribution is 2.31. The molecule has 0 N–H and O–H groups in total. The van der Waals surface area contributed by atoms with Gasteiger partial charge in [-0.05, 0) is 61.9 Å². The number of fused-ring (bicyclic) bond motifs is 1. The minimum atomic E-state index is -0.288. The van der Waals surface area contributed by atoms with Gasteiger partial charge in [-0.25, -0.2) is 4.98 Å². The summed E-state index contributed by atoms with van der Waals surface area (Å²) in [4.78, 5) is 4.83. The Labute approximate surface area is 184 Å². The molecule has 0 radical (unpaired) electrons. The van der Waals surface area contributed by atoms with Gasteiger partial charge in [0.1, 0.15) is 5.75 Å². The first-order valence-corrected chi connectivity index (χ1v) is 10.4. The van der Waals surface area contributed by atoms with Gasteiger partial charge in [0, 0.05) is 20.6 Å². The van der Waals surface area contributed by atoms with E-state index in [1.165, 1.54) is 0 Å². The summed E-state index contributed by atoms with van der Waals surface area (Å²) in [5, 5.41) is 1.97. The minimum Gasteiger partial charge on any atom is -0.483 e. The molecule has 0 fully saturated rings. The van der Waals surface area contributed by atoms with Crippen LogP contribution in [0.3, 0.4) is 0 Å². The fraction of sp³-hybridized carbons (Fsp3) is 0.174. The van der Waals surface area contributed by atoms with Crippen molar-refractivity contribution in [1.29, 1.82) is 0 Å². The van der Waals surface area contributed by atoms with Gasteiger partial charge in [-0.2, -0.15) is 0 Å². The van der Waals surface area contributed by atoms with Crippen LogP contribution in [0.15, 0.2) is 60.7 Å². The number of para-hydroxylation sites is 2. The van der Waals surface area contributed by atoms with E-state index in [1.54, 1.807) is 0 Å². The SMILES string of the molecule is Cc1cc(OC(C)c2nc3ccccc3n2Cc2c(Cl)cccc2Cl)ccc1Cl. The number of hydrogen-bond acceptors (Lipinski definition) is 2. The van der Waals surface area contributed by atoms with Crippen molar-refractivity contribution in [3.05, 3.63) is 92.7 Å². The Morgan fingerprint density at radius 3 is 2.38 bits per heavy atom. The van der Waals surface area contributed by atoms with Crippen LogP contribution in [-0.2, 0) is 6.54 Å². The van der Waals surface area contributed by atoms with E-state index in [2.05, 4.69) is 4.57 Å². The highest BCUT2D eigenvalue weighted by Gasteiger charge is 2.20. The van der Waals surface area contributed by atoms with Gasteiger partial charge in [-0.1, -0.05) is 53.0 Å². The smallest absolute Gasteiger partial charge is 0.153 e. The van der Waals surface area contributed by atoms with Gasteiger partial charge in [-0.3, -0.25) is 0 Å². The van der Waals surface area contributed by atoms with Crippen LogP contribution in [0.5, 0.6) is 5.75 Å². The predicted molar refractivity (Wildman–Crippen MR) is 121 cm³/mol. The first-order valence-electron chi connectivity index (χ1n) is 9.25. The number of nitrogens with zero attached hydrogens (tertiary/aromatic N) is 2. The average Bonchev–Trinajstić information content (AvgIpc) is 3.06. The normalized spacial score (nSPS) is 12.3. The summed E-state index contributed by atoms with van der Waals surface area (Å²) >= 11 is 19.0. The van der Waals surface area contributed by atoms with E-state index in [4.69, 9.17) is 44.5 Å². The molecule has 6 heteroatoms. The maximum absolute atomic E-state index is 6.43. The number of benzene rings is 3. The van der Waals surface area contributed by atoms with Crippen molar-refractivity contribution < 1.29 is 4.74 Å². The summed E-state index contributed by atoms with van der Waals surface area (Å²) in [6.45, 7) is 4.44. The standard InChI is InChI=1S/C23H19Cl3N2O/c1-14-12-16(10-11-18(14)24)29-15(2)23-27-21-8-3-4-9-22(21)28(23)13-17-19(25)6-5-7-20(17)26/h3-12,15H,13H2,1-2H3. The lowest BCUT2D eigenvalue weighted by molar-refractivity contribution is 0.212. The number of aromatic nitrogens is 2. The van der Waals surface area contributed by atoms with E-state index in [9.17, 15) is 0 Å². The maximum Gasteiger partial charge on any atom is 0.153 e. The third-order valence-electron chi connectivity index (χ3n) is 4.87. The molecule has 0 bridgehead atoms. The summed E-state index contributed by atoms with van der Waals surface area (Å²) in [5.41, 5.74) is 3.72. The van der Waals surface area contributed by atoms with Crippen molar-refractivity contribution in [3.63, 3.8) is 0 Å². The molecule has 3 aromatic carbocycles. The molecule has 0 amide bonds. The molecule has 4 aromatic rings. The Morgan fingerprint density at radius 2 is 1.66 bits per heavy atom. The number of halogens is 3. The lowest BCUT2D eigenvalue weighted by atomic mass is 10.2. The van der Waals surface area contributed by atoms with E-state index in [1.807, 2.05) is 74.5 Å². The molecule has 1 aromatic heterocycles. The third kappa shape index (κ3) is 4.09. The largest absolute Gasteiger partial charge is 0.483 e. The number of hydrogen-bond donors (Lipinski definition) is 0. The summed E-state index contributed by atoms with van der Waals surface area (Å²) < 4.78 is 8.30. The molecule has 148 valence electrons. The van der Waals surface area contributed by atoms with Crippen molar-refractivity contribution in [1.82, 2.24) is 9.55 Å². The number of aryl methyl sites for hydroxylation is 1. The molecule has 0 aliphatic rings. The van der Waals surface area contributed by atoms with Crippen LogP contribution in [0, 0.1) is 6.92 Å². The molecular formula is C23H19Cl3N2O. The Hall–Kier alpha value is -2.20. The molecule has 0 aliphatic heterocycles. The van der Waals surface area contributed by atoms with Crippen molar-refractivity contribution in [2.75, 3.05) is 0 Å². The zero-order chi connectivity index (χ0) is 20.5. The van der Waals surface area contributed by atoms with Crippen molar-refractivity contribution in [3.8, 4) is 5.75 Å². The predicted octanol–water partition coefficient (Wildman–Crippen LogP) is 7.49. The Balaban J connectivity index is 1.75. The van der Waals surface area contributed by atoms with E-state index >= 15 is 0 Å². The van der Waals surface area contributed by atoms with E-state index in [-0.39, 0.29) is 6.10 Å². The zero-order valence-corrected chi connectivity index (χ0v) is 18.3. The number of rotatable bonds is 5. The van der Waals surface area contributed by atoms with Crippen molar-refractivity contribution in [2.45, 2.75) is 26.5 Å². The quantitative estimate of drug-likeness (QED) is 0.318. The fourth-order valence-corrected chi connectivity index (χ4v) is 3.99. The Kier molecular flexibility index (Phi) is 5.73.